The molecule has 2 unspecified atom stereocenters. The lowest BCUT2D eigenvalue weighted by Crippen LogP contribution is -2.40. The van der Waals surface area contributed by atoms with Crippen LogP contribution in [-0.2, 0) is 6.54 Å². The summed E-state index contributed by atoms with van der Waals surface area (Å²) in [4.78, 5) is 2.72. The van der Waals surface area contributed by atoms with Crippen molar-refractivity contribution in [2.75, 3.05) is 13.1 Å². The van der Waals surface area contributed by atoms with Gasteiger partial charge in [0, 0.05) is 12.6 Å². The summed E-state index contributed by atoms with van der Waals surface area (Å²) in [5, 5.41) is 0. The summed E-state index contributed by atoms with van der Waals surface area (Å²) in [6.07, 6.45) is 9.86. The van der Waals surface area contributed by atoms with Gasteiger partial charge < -0.3 is 5.73 Å². The van der Waals surface area contributed by atoms with Crippen molar-refractivity contribution < 1.29 is 0 Å². The molecule has 2 fully saturated rings. The lowest BCUT2D eigenvalue weighted by molar-refractivity contribution is 0.115. The van der Waals surface area contributed by atoms with Crippen LogP contribution in [0.1, 0.15) is 50.5 Å². The maximum atomic E-state index is 5.76. The quantitative estimate of drug-likeness (QED) is 0.826. The van der Waals surface area contributed by atoms with E-state index in [4.69, 9.17) is 5.73 Å². The second-order valence-electron chi connectivity index (χ2n) is 7.02. The van der Waals surface area contributed by atoms with Crippen LogP contribution in [0, 0.1) is 11.8 Å². The van der Waals surface area contributed by atoms with Crippen LogP contribution < -0.4 is 5.73 Å². The molecule has 2 N–H and O–H groups in total. The van der Waals surface area contributed by atoms with Gasteiger partial charge in [-0.2, -0.15) is 0 Å². The van der Waals surface area contributed by atoms with E-state index < -0.39 is 0 Å². The molecule has 2 aliphatic rings. The van der Waals surface area contributed by atoms with Crippen molar-refractivity contribution in [3.63, 3.8) is 0 Å². The Bertz CT molecular complexity index is 413. The Morgan fingerprint density at radius 1 is 1.00 bits per heavy atom. The van der Waals surface area contributed by atoms with Crippen molar-refractivity contribution in [2.45, 2.75) is 57.5 Å². The van der Waals surface area contributed by atoms with Gasteiger partial charge in [0.1, 0.15) is 0 Å². The minimum absolute atomic E-state index is 0.788. The fourth-order valence-electron chi connectivity index (χ4n) is 4.03. The Morgan fingerprint density at radius 3 is 2.52 bits per heavy atom. The van der Waals surface area contributed by atoms with Crippen molar-refractivity contribution in [2.24, 2.45) is 17.6 Å². The molecule has 0 aliphatic heterocycles. The number of rotatable bonds is 7. The molecule has 0 saturated heterocycles. The first kappa shape index (κ1) is 15.1. The monoisotopic (exact) mass is 286 g/mol. The molecule has 0 aromatic heterocycles. The highest BCUT2D eigenvalue weighted by molar-refractivity contribution is 5.14. The lowest BCUT2D eigenvalue weighted by atomic mass is 9.82. The van der Waals surface area contributed by atoms with Gasteiger partial charge in [-0.3, -0.25) is 4.90 Å². The highest BCUT2D eigenvalue weighted by atomic mass is 15.2. The van der Waals surface area contributed by atoms with Gasteiger partial charge in [0.05, 0.1) is 0 Å². The molecule has 2 aliphatic carbocycles. The topological polar surface area (TPSA) is 29.3 Å². The Kier molecular flexibility index (Phi) is 5.32. The maximum Gasteiger partial charge on any atom is 0.0236 e. The van der Waals surface area contributed by atoms with Gasteiger partial charge in [-0.25, -0.2) is 0 Å². The van der Waals surface area contributed by atoms with Crippen LogP contribution in [0.15, 0.2) is 30.3 Å². The van der Waals surface area contributed by atoms with E-state index in [2.05, 4.69) is 35.2 Å². The predicted octanol–water partition coefficient (Wildman–Crippen LogP) is 3.81. The Hall–Kier alpha value is -0.860. The van der Waals surface area contributed by atoms with Gasteiger partial charge in [-0.05, 0) is 62.6 Å². The first-order valence-corrected chi connectivity index (χ1v) is 8.85. The normalized spacial score (nSPS) is 26.2. The molecule has 1 aromatic rings. The number of nitrogens with zero attached hydrogens (tertiary/aromatic N) is 1. The first-order valence-electron chi connectivity index (χ1n) is 8.85. The fourth-order valence-corrected chi connectivity index (χ4v) is 4.03. The van der Waals surface area contributed by atoms with E-state index in [1.54, 1.807) is 0 Å². The minimum Gasteiger partial charge on any atom is -0.330 e. The zero-order valence-electron chi connectivity index (χ0n) is 13.2. The van der Waals surface area contributed by atoms with E-state index in [1.165, 1.54) is 44.1 Å². The smallest absolute Gasteiger partial charge is 0.0236 e. The van der Waals surface area contributed by atoms with Crippen LogP contribution in [0.4, 0.5) is 0 Å². The zero-order valence-corrected chi connectivity index (χ0v) is 13.2. The van der Waals surface area contributed by atoms with Gasteiger partial charge in [0.2, 0.25) is 0 Å². The van der Waals surface area contributed by atoms with Crippen LogP contribution in [0.2, 0.25) is 0 Å². The van der Waals surface area contributed by atoms with Crippen LogP contribution in [0.25, 0.3) is 0 Å². The molecule has 0 spiro atoms. The molecule has 3 rings (SSSR count). The highest BCUT2D eigenvalue weighted by Crippen LogP contribution is 2.44. The molecule has 2 atom stereocenters. The summed E-state index contributed by atoms with van der Waals surface area (Å²) in [6.45, 7) is 3.07. The number of benzene rings is 1. The van der Waals surface area contributed by atoms with Gasteiger partial charge in [-0.1, -0.05) is 43.2 Å². The van der Waals surface area contributed by atoms with Crippen molar-refractivity contribution in [1.82, 2.24) is 4.90 Å². The Balaban J connectivity index is 1.62. The summed E-state index contributed by atoms with van der Waals surface area (Å²) in [6, 6.07) is 11.7. The number of nitrogens with two attached hydrogens (primary N) is 1. The average Bonchev–Trinajstić information content (AvgIpc) is 3.37. The van der Waals surface area contributed by atoms with Crippen LogP contribution in [-0.4, -0.2) is 24.0 Å². The summed E-state index contributed by atoms with van der Waals surface area (Å²) in [7, 11) is 0. The summed E-state index contributed by atoms with van der Waals surface area (Å²) in [5.41, 5.74) is 7.21. The van der Waals surface area contributed by atoms with E-state index in [0.717, 1.165) is 43.9 Å². The van der Waals surface area contributed by atoms with E-state index in [9.17, 15) is 0 Å². The first-order chi connectivity index (χ1) is 10.4. The highest BCUT2D eigenvalue weighted by Gasteiger charge is 2.36. The van der Waals surface area contributed by atoms with Gasteiger partial charge in [0.25, 0.3) is 0 Å². The molecule has 0 bridgehead atoms. The molecule has 0 radical (unpaired) electrons. The zero-order chi connectivity index (χ0) is 14.5. The lowest BCUT2D eigenvalue weighted by Gasteiger charge is -2.38. The largest absolute Gasteiger partial charge is 0.330 e. The van der Waals surface area contributed by atoms with E-state index in [0.29, 0.717) is 0 Å². The van der Waals surface area contributed by atoms with E-state index >= 15 is 0 Å². The van der Waals surface area contributed by atoms with Crippen molar-refractivity contribution >= 4 is 0 Å². The molecule has 2 nitrogen and oxygen atoms in total. The molecule has 0 heterocycles. The molecule has 2 heteroatoms. The van der Waals surface area contributed by atoms with Gasteiger partial charge in [0.15, 0.2) is 0 Å². The second-order valence-corrected chi connectivity index (χ2v) is 7.02. The van der Waals surface area contributed by atoms with E-state index in [-0.39, 0.29) is 0 Å². The number of hydrogen-bond donors (Lipinski definition) is 1. The van der Waals surface area contributed by atoms with Crippen molar-refractivity contribution in [3.05, 3.63) is 35.9 Å². The minimum atomic E-state index is 0.788. The van der Waals surface area contributed by atoms with Gasteiger partial charge in [-0.15, -0.1) is 0 Å². The predicted molar refractivity (Wildman–Crippen MR) is 89.0 cm³/mol. The molecule has 1 aromatic carbocycles. The SMILES string of the molecule is NCCCN(Cc1ccccc1)C1CCCC(C2CC2)C1. The maximum absolute atomic E-state index is 5.76. The molecule has 21 heavy (non-hydrogen) atoms. The second kappa shape index (κ2) is 7.42. The Labute approximate surface area is 129 Å². The van der Waals surface area contributed by atoms with Crippen LogP contribution >= 0.6 is 0 Å². The van der Waals surface area contributed by atoms with Gasteiger partial charge >= 0.3 is 0 Å². The standard InChI is InChI=1S/C19H30N2/c20-12-5-13-21(15-16-6-2-1-3-7-16)19-9-4-8-18(14-19)17-10-11-17/h1-3,6-7,17-19H,4-5,8-15,20H2. The average molecular weight is 286 g/mol. The fraction of sp³-hybridized carbons (Fsp3) is 0.684. The molecule has 116 valence electrons. The van der Waals surface area contributed by atoms with Crippen LogP contribution in [0.5, 0.6) is 0 Å². The molecular weight excluding hydrogens is 256 g/mol. The summed E-state index contributed by atoms with van der Waals surface area (Å²) in [5.74, 6) is 2.08. The summed E-state index contributed by atoms with van der Waals surface area (Å²) >= 11 is 0. The third-order valence-corrected chi connectivity index (χ3v) is 5.37. The van der Waals surface area contributed by atoms with Crippen molar-refractivity contribution in [1.29, 1.82) is 0 Å². The number of hydrogen-bond acceptors (Lipinski definition) is 2. The molecular formula is C19H30N2. The summed E-state index contributed by atoms with van der Waals surface area (Å²) < 4.78 is 0. The third kappa shape index (κ3) is 4.31. The molecule has 0 amide bonds. The third-order valence-electron chi connectivity index (χ3n) is 5.37. The molecule has 2 saturated carbocycles. The van der Waals surface area contributed by atoms with Crippen LogP contribution in [0.3, 0.4) is 0 Å². The Morgan fingerprint density at radius 2 is 1.81 bits per heavy atom. The van der Waals surface area contributed by atoms with Crippen molar-refractivity contribution in [3.8, 4) is 0 Å². The van der Waals surface area contributed by atoms with E-state index in [1.807, 2.05) is 0 Å².